The lowest BCUT2D eigenvalue weighted by molar-refractivity contribution is -0.122. The number of amides is 1. The van der Waals surface area contributed by atoms with Crippen LogP contribution in [0, 0.1) is 0 Å². The molecule has 0 bridgehead atoms. The number of aliphatic imine (C=N–C) groups is 1. The average molecular weight is 640 g/mol. The first-order valence-corrected chi connectivity index (χ1v) is 15.2. The van der Waals surface area contributed by atoms with E-state index in [9.17, 15) is 4.79 Å². The van der Waals surface area contributed by atoms with Crippen molar-refractivity contribution in [3.05, 3.63) is 147 Å². The molecule has 1 amide bonds. The Balaban J connectivity index is 1.44. The van der Waals surface area contributed by atoms with Gasteiger partial charge in [-0.3, -0.25) is 14.7 Å². The Bertz CT molecular complexity index is 1600. The van der Waals surface area contributed by atoms with Gasteiger partial charge in [-0.15, -0.1) is 6.58 Å². The zero-order valence-corrected chi connectivity index (χ0v) is 25.7. The first-order valence-electron chi connectivity index (χ1n) is 13.6. The minimum atomic E-state index is -0.0736. The second-order valence-electron chi connectivity index (χ2n) is 9.69. The molecular weight excluding hydrogens is 608 g/mol. The number of nitrogens with zero attached hydrogens (tertiary/aromatic N) is 2. The van der Waals surface area contributed by atoms with Crippen LogP contribution in [-0.2, 0) is 30.9 Å². The summed E-state index contributed by atoms with van der Waals surface area (Å²) in [6.45, 7) is 5.28. The largest absolute Gasteiger partial charge is 0.493 e. The molecule has 5 nitrogen and oxygen atoms in total. The van der Waals surface area contributed by atoms with Gasteiger partial charge in [0.15, 0.2) is 16.7 Å². The Kier molecular flexibility index (Phi) is 9.95. The van der Waals surface area contributed by atoms with Gasteiger partial charge in [-0.25, -0.2) is 0 Å². The molecule has 42 heavy (non-hydrogen) atoms. The fraction of sp³-hybridized carbons (Fsp3) is 0.143. The fourth-order valence-electron chi connectivity index (χ4n) is 4.55. The third-order valence-corrected chi connectivity index (χ3v) is 8.22. The maximum absolute atomic E-state index is 13.7. The van der Waals surface area contributed by atoms with Gasteiger partial charge >= 0.3 is 0 Å². The van der Waals surface area contributed by atoms with Gasteiger partial charge in [0.25, 0.3) is 5.91 Å². The Labute approximate surface area is 259 Å². The van der Waals surface area contributed by atoms with Crippen molar-refractivity contribution >= 4 is 44.8 Å². The van der Waals surface area contributed by atoms with E-state index in [0.29, 0.717) is 47.7 Å². The molecule has 1 saturated heterocycles. The summed E-state index contributed by atoms with van der Waals surface area (Å²) >= 11 is 4.87. The highest BCUT2D eigenvalue weighted by Gasteiger charge is 2.33. The third kappa shape index (κ3) is 7.41. The van der Waals surface area contributed by atoms with Crippen LogP contribution in [0.2, 0.25) is 0 Å². The zero-order valence-electron chi connectivity index (χ0n) is 23.3. The highest BCUT2D eigenvalue weighted by molar-refractivity contribution is 9.10. The molecular formula is C35H31BrN2O3S. The van der Waals surface area contributed by atoms with Gasteiger partial charge < -0.3 is 9.47 Å². The molecule has 0 aliphatic carbocycles. The molecule has 0 N–H and O–H groups in total. The summed E-state index contributed by atoms with van der Waals surface area (Å²) in [5.74, 6) is 1.20. The average Bonchev–Trinajstić information content (AvgIpc) is 3.30. The number of carbonyl (C=O) groups excluding carboxylic acids is 1. The zero-order chi connectivity index (χ0) is 29.3. The highest BCUT2D eigenvalue weighted by Crippen LogP contribution is 2.38. The van der Waals surface area contributed by atoms with E-state index in [1.54, 1.807) is 12.0 Å². The van der Waals surface area contributed by atoms with Gasteiger partial charge in [0.05, 0.1) is 25.1 Å². The lowest BCUT2D eigenvalue weighted by Gasteiger charge is -2.16. The quantitative estimate of drug-likeness (QED) is 0.122. The lowest BCUT2D eigenvalue weighted by Crippen LogP contribution is -2.28. The maximum Gasteiger partial charge on any atom is 0.267 e. The molecule has 1 fully saturated rings. The van der Waals surface area contributed by atoms with Gasteiger partial charge in [0.1, 0.15) is 6.61 Å². The number of carbonyl (C=O) groups is 1. The van der Waals surface area contributed by atoms with Crippen LogP contribution in [0.4, 0.5) is 0 Å². The van der Waals surface area contributed by atoms with Crippen LogP contribution in [0.5, 0.6) is 11.5 Å². The SMILES string of the molecule is C=CCc1cc(/C=C2/SC(=NCc3ccccc3)N(Cc3ccccc3)C2=O)cc(OC)c1OCc1ccc(Br)cc1. The Hall–Kier alpha value is -4.07. The normalized spacial score (nSPS) is 14.9. The molecule has 5 rings (SSSR count). The second kappa shape index (κ2) is 14.2. The molecule has 1 heterocycles. The molecule has 1 aliphatic heterocycles. The topological polar surface area (TPSA) is 51.1 Å². The Morgan fingerprint density at radius 3 is 2.29 bits per heavy atom. The summed E-state index contributed by atoms with van der Waals surface area (Å²) in [5, 5.41) is 0.687. The molecule has 0 radical (unpaired) electrons. The van der Waals surface area contributed by atoms with E-state index in [0.717, 1.165) is 32.3 Å². The molecule has 0 atom stereocenters. The molecule has 0 unspecified atom stereocenters. The van der Waals surface area contributed by atoms with Crippen LogP contribution in [0.25, 0.3) is 6.08 Å². The number of ether oxygens (including phenoxy) is 2. The number of rotatable bonds is 11. The minimum Gasteiger partial charge on any atom is -0.493 e. The van der Waals surface area contributed by atoms with Gasteiger partial charge in [-0.2, -0.15) is 0 Å². The molecule has 4 aromatic carbocycles. The van der Waals surface area contributed by atoms with Crippen LogP contribution < -0.4 is 9.47 Å². The molecule has 0 aromatic heterocycles. The molecule has 4 aromatic rings. The van der Waals surface area contributed by atoms with E-state index in [4.69, 9.17) is 14.5 Å². The number of hydrogen-bond donors (Lipinski definition) is 0. The van der Waals surface area contributed by atoms with E-state index in [1.807, 2.05) is 109 Å². The predicted octanol–water partition coefficient (Wildman–Crippen LogP) is 8.44. The van der Waals surface area contributed by atoms with Crippen LogP contribution in [0.3, 0.4) is 0 Å². The van der Waals surface area contributed by atoms with Crippen molar-refractivity contribution in [2.45, 2.75) is 26.1 Å². The van der Waals surface area contributed by atoms with Crippen molar-refractivity contribution in [3.63, 3.8) is 0 Å². The van der Waals surface area contributed by atoms with E-state index < -0.39 is 0 Å². The van der Waals surface area contributed by atoms with Crippen molar-refractivity contribution in [1.82, 2.24) is 4.90 Å². The van der Waals surface area contributed by atoms with Crippen LogP contribution >= 0.6 is 27.7 Å². The number of thioether (sulfide) groups is 1. The molecule has 7 heteroatoms. The number of allylic oxidation sites excluding steroid dienone is 1. The third-order valence-electron chi connectivity index (χ3n) is 6.64. The first kappa shape index (κ1) is 29.4. The molecule has 212 valence electrons. The van der Waals surface area contributed by atoms with E-state index in [1.165, 1.54) is 11.8 Å². The number of halogens is 1. The molecule has 0 saturated carbocycles. The van der Waals surface area contributed by atoms with Crippen molar-refractivity contribution in [3.8, 4) is 11.5 Å². The van der Waals surface area contributed by atoms with E-state index in [2.05, 4.69) is 22.5 Å². The molecule has 1 aliphatic rings. The van der Waals surface area contributed by atoms with Crippen LogP contribution in [0.1, 0.15) is 27.8 Å². The summed E-state index contributed by atoms with van der Waals surface area (Å²) in [6.07, 6.45) is 4.33. The minimum absolute atomic E-state index is 0.0736. The summed E-state index contributed by atoms with van der Waals surface area (Å²) in [4.78, 5) is 20.9. The van der Waals surface area contributed by atoms with Crippen LogP contribution in [-0.4, -0.2) is 23.1 Å². The highest BCUT2D eigenvalue weighted by atomic mass is 79.9. The van der Waals surface area contributed by atoms with Gasteiger partial charge in [-0.1, -0.05) is 94.8 Å². The molecule has 0 spiro atoms. The standard InChI is InChI=1S/C35H31BrN2O3S/c1-3-10-29-19-28(20-31(40-2)33(29)41-24-27-15-17-30(36)18-16-27)21-32-34(39)38(23-26-13-8-5-9-14-26)35(42-32)37-22-25-11-6-4-7-12-25/h3-9,11-21H,1,10,22-24H2,2H3/b32-21+,37-35?. The second-order valence-corrected chi connectivity index (χ2v) is 11.6. The van der Waals surface area contributed by atoms with E-state index >= 15 is 0 Å². The summed E-state index contributed by atoms with van der Waals surface area (Å²) < 4.78 is 13.0. The number of methoxy groups -OCH3 is 1. The summed E-state index contributed by atoms with van der Waals surface area (Å²) in [5.41, 5.74) is 4.96. The smallest absolute Gasteiger partial charge is 0.267 e. The lowest BCUT2D eigenvalue weighted by atomic mass is 10.0. The number of hydrogen-bond acceptors (Lipinski definition) is 5. The fourth-order valence-corrected chi connectivity index (χ4v) is 5.79. The predicted molar refractivity (Wildman–Crippen MR) is 176 cm³/mol. The van der Waals surface area contributed by atoms with Crippen molar-refractivity contribution < 1.29 is 14.3 Å². The first-order chi connectivity index (χ1) is 20.5. The number of benzene rings is 4. The maximum atomic E-state index is 13.7. The Morgan fingerprint density at radius 2 is 1.62 bits per heavy atom. The van der Waals surface area contributed by atoms with E-state index in [-0.39, 0.29) is 5.91 Å². The summed E-state index contributed by atoms with van der Waals surface area (Å²) in [7, 11) is 1.63. The van der Waals surface area contributed by atoms with Gasteiger partial charge in [0.2, 0.25) is 0 Å². The Morgan fingerprint density at radius 1 is 0.929 bits per heavy atom. The van der Waals surface area contributed by atoms with Crippen molar-refractivity contribution in [2.24, 2.45) is 4.99 Å². The van der Waals surface area contributed by atoms with Gasteiger partial charge in [-0.05, 0) is 70.8 Å². The number of amidine groups is 1. The summed E-state index contributed by atoms with van der Waals surface area (Å²) in [6, 6.07) is 32.0. The van der Waals surface area contributed by atoms with Gasteiger partial charge in [0, 0.05) is 10.0 Å². The van der Waals surface area contributed by atoms with Crippen LogP contribution in [0.15, 0.2) is 124 Å². The monoisotopic (exact) mass is 638 g/mol. The van der Waals surface area contributed by atoms with Crippen molar-refractivity contribution in [1.29, 1.82) is 0 Å². The van der Waals surface area contributed by atoms with Crippen molar-refractivity contribution in [2.75, 3.05) is 7.11 Å².